The summed E-state index contributed by atoms with van der Waals surface area (Å²) >= 11 is 1.39. The van der Waals surface area contributed by atoms with Gasteiger partial charge in [0.25, 0.3) is 0 Å². The number of rotatable bonds is 4. The van der Waals surface area contributed by atoms with Crippen LogP contribution in [-0.4, -0.2) is 29.4 Å². The van der Waals surface area contributed by atoms with E-state index in [-0.39, 0.29) is 6.61 Å². The minimum Gasteiger partial charge on any atom is -0.465 e. The van der Waals surface area contributed by atoms with Crippen LogP contribution in [-0.2, 0) is 15.3 Å². The number of nitrogens with zero attached hydrogens (tertiary/aromatic N) is 2. The summed E-state index contributed by atoms with van der Waals surface area (Å²) in [7, 11) is 0. The molecule has 1 atom stereocenters. The van der Waals surface area contributed by atoms with Gasteiger partial charge in [0.05, 0.1) is 11.7 Å². The maximum absolute atomic E-state index is 12.1. The van der Waals surface area contributed by atoms with Crippen molar-refractivity contribution < 1.29 is 14.3 Å². The molecule has 1 heterocycles. The normalized spacial score (nSPS) is 17.6. The SMILES string of the molecule is CCOC(=O)C1C(C)=NC(=O)N=C1SCc1cc(C)ccc1C. The molecule has 1 aromatic carbocycles. The molecule has 0 aliphatic carbocycles. The second-order valence-electron chi connectivity index (χ2n) is 5.39. The zero-order valence-corrected chi connectivity index (χ0v) is 14.6. The number of amides is 2. The van der Waals surface area contributed by atoms with E-state index in [9.17, 15) is 9.59 Å². The van der Waals surface area contributed by atoms with Gasteiger partial charge in [-0.2, -0.15) is 9.98 Å². The van der Waals surface area contributed by atoms with Crippen molar-refractivity contribution in [3.8, 4) is 0 Å². The summed E-state index contributed by atoms with van der Waals surface area (Å²) in [6.45, 7) is 7.77. The minimum atomic E-state index is -0.678. The lowest BCUT2D eigenvalue weighted by Crippen LogP contribution is -2.34. The molecular weight excluding hydrogens is 312 g/mol. The van der Waals surface area contributed by atoms with Crippen molar-refractivity contribution in [3.05, 3.63) is 34.9 Å². The lowest BCUT2D eigenvalue weighted by atomic mass is 10.1. The van der Waals surface area contributed by atoms with Crippen LogP contribution in [0, 0.1) is 19.8 Å². The van der Waals surface area contributed by atoms with Crippen molar-refractivity contribution >= 4 is 34.5 Å². The van der Waals surface area contributed by atoms with E-state index >= 15 is 0 Å². The number of thioether (sulfide) groups is 1. The second-order valence-corrected chi connectivity index (χ2v) is 6.39. The summed E-state index contributed by atoms with van der Waals surface area (Å²) < 4.78 is 5.09. The Bertz CT molecular complexity index is 695. The predicted octanol–water partition coefficient (Wildman–Crippen LogP) is 3.71. The fraction of sp³-hybridized carbons (Fsp3) is 0.412. The van der Waals surface area contributed by atoms with Gasteiger partial charge >= 0.3 is 12.0 Å². The first kappa shape index (κ1) is 17.4. The van der Waals surface area contributed by atoms with E-state index in [2.05, 4.69) is 28.2 Å². The molecule has 23 heavy (non-hydrogen) atoms. The maximum Gasteiger partial charge on any atom is 0.367 e. The highest BCUT2D eigenvalue weighted by Gasteiger charge is 2.33. The van der Waals surface area contributed by atoms with Gasteiger partial charge in [0.2, 0.25) is 0 Å². The third-order valence-electron chi connectivity index (χ3n) is 3.55. The molecule has 0 spiro atoms. The van der Waals surface area contributed by atoms with Gasteiger partial charge in [-0.15, -0.1) is 11.8 Å². The number of urea groups is 1. The molecule has 0 fully saturated rings. The Hall–Kier alpha value is -1.95. The molecule has 0 saturated heterocycles. The van der Waals surface area contributed by atoms with Crippen molar-refractivity contribution in [2.75, 3.05) is 6.61 Å². The smallest absolute Gasteiger partial charge is 0.367 e. The van der Waals surface area contributed by atoms with E-state index in [0.717, 1.165) is 5.56 Å². The van der Waals surface area contributed by atoms with Gasteiger partial charge in [-0.3, -0.25) is 4.79 Å². The summed E-state index contributed by atoms with van der Waals surface area (Å²) in [4.78, 5) is 31.5. The molecule has 0 N–H and O–H groups in total. The van der Waals surface area contributed by atoms with E-state index in [4.69, 9.17) is 4.74 Å². The summed E-state index contributed by atoms with van der Waals surface area (Å²) in [5.41, 5.74) is 3.94. The molecule has 0 saturated carbocycles. The van der Waals surface area contributed by atoms with Crippen LogP contribution in [0.5, 0.6) is 0 Å². The Morgan fingerprint density at radius 2 is 2.00 bits per heavy atom. The Morgan fingerprint density at radius 1 is 1.26 bits per heavy atom. The fourth-order valence-corrected chi connectivity index (χ4v) is 3.49. The molecule has 5 nitrogen and oxygen atoms in total. The highest BCUT2D eigenvalue weighted by Crippen LogP contribution is 2.26. The van der Waals surface area contributed by atoms with Crippen LogP contribution < -0.4 is 0 Å². The Morgan fingerprint density at radius 3 is 2.70 bits per heavy atom. The predicted molar refractivity (Wildman–Crippen MR) is 93.3 cm³/mol. The zero-order valence-electron chi connectivity index (χ0n) is 13.8. The molecule has 1 aliphatic rings. The summed E-state index contributed by atoms with van der Waals surface area (Å²) in [5, 5.41) is 0.460. The van der Waals surface area contributed by atoms with Gasteiger partial charge < -0.3 is 4.74 Å². The van der Waals surface area contributed by atoms with Gasteiger partial charge in [-0.1, -0.05) is 23.8 Å². The molecule has 0 radical (unpaired) electrons. The minimum absolute atomic E-state index is 0.283. The van der Waals surface area contributed by atoms with Crippen molar-refractivity contribution in [3.63, 3.8) is 0 Å². The van der Waals surface area contributed by atoms with Crippen LogP contribution in [0.3, 0.4) is 0 Å². The van der Waals surface area contributed by atoms with Gasteiger partial charge in [0.15, 0.2) is 0 Å². The van der Waals surface area contributed by atoms with Gasteiger partial charge in [0.1, 0.15) is 5.92 Å². The average Bonchev–Trinajstić information content (AvgIpc) is 2.47. The first-order valence-corrected chi connectivity index (χ1v) is 8.44. The quantitative estimate of drug-likeness (QED) is 0.788. The Balaban J connectivity index is 2.19. The van der Waals surface area contributed by atoms with Crippen LogP contribution >= 0.6 is 11.8 Å². The number of hydrogen-bond acceptors (Lipinski definition) is 4. The lowest BCUT2D eigenvalue weighted by Gasteiger charge is -2.20. The summed E-state index contributed by atoms with van der Waals surface area (Å²) in [6, 6.07) is 5.66. The third-order valence-corrected chi connectivity index (χ3v) is 4.62. The molecular formula is C17H20N2O3S. The van der Waals surface area contributed by atoms with E-state index in [1.165, 1.54) is 22.9 Å². The number of carbonyl (C=O) groups excluding carboxylic acids is 2. The Kier molecular flexibility index (Phi) is 5.71. The molecule has 6 heteroatoms. The average molecular weight is 332 g/mol. The molecule has 1 unspecified atom stereocenters. The van der Waals surface area contributed by atoms with Crippen molar-refractivity contribution in [2.45, 2.75) is 33.4 Å². The van der Waals surface area contributed by atoms with Gasteiger partial charge in [0, 0.05) is 11.5 Å². The maximum atomic E-state index is 12.1. The van der Waals surface area contributed by atoms with Crippen LogP contribution in [0.1, 0.15) is 30.5 Å². The van der Waals surface area contributed by atoms with E-state index in [1.54, 1.807) is 13.8 Å². The van der Waals surface area contributed by atoms with E-state index in [1.807, 2.05) is 13.8 Å². The molecule has 2 amide bonds. The van der Waals surface area contributed by atoms with E-state index in [0.29, 0.717) is 16.5 Å². The highest BCUT2D eigenvalue weighted by atomic mass is 32.2. The van der Waals surface area contributed by atoms with E-state index < -0.39 is 17.9 Å². The molecule has 1 aliphatic heterocycles. The first-order chi connectivity index (χ1) is 10.9. The largest absolute Gasteiger partial charge is 0.465 e. The summed E-state index contributed by atoms with van der Waals surface area (Å²) in [5.74, 6) is -0.445. The van der Waals surface area contributed by atoms with Crippen LogP contribution in [0.15, 0.2) is 28.2 Å². The van der Waals surface area contributed by atoms with Crippen LogP contribution in [0.2, 0.25) is 0 Å². The molecule has 0 aromatic heterocycles. The first-order valence-electron chi connectivity index (χ1n) is 7.45. The standard InChI is InChI=1S/C17H20N2O3S/c1-5-22-16(20)14-12(4)18-17(21)19-15(14)23-9-13-8-10(2)6-7-11(13)3/h6-8,14H,5,9H2,1-4H3. The molecule has 2 rings (SSSR count). The van der Waals surface area contributed by atoms with Crippen molar-refractivity contribution in [1.82, 2.24) is 0 Å². The van der Waals surface area contributed by atoms with Crippen LogP contribution in [0.25, 0.3) is 0 Å². The van der Waals surface area contributed by atoms with Crippen LogP contribution in [0.4, 0.5) is 4.79 Å². The fourth-order valence-electron chi connectivity index (χ4n) is 2.30. The number of aryl methyl sites for hydroxylation is 2. The number of carbonyl (C=O) groups is 2. The third kappa shape index (κ3) is 4.28. The number of hydrogen-bond donors (Lipinski definition) is 0. The monoisotopic (exact) mass is 332 g/mol. The van der Waals surface area contributed by atoms with Crippen molar-refractivity contribution in [2.24, 2.45) is 15.9 Å². The topological polar surface area (TPSA) is 68.1 Å². The molecule has 122 valence electrons. The Labute approximate surface area is 140 Å². The number of benzene rings is 1. The summed E-state index contributed by atoms with van der Waals surface area (Å²) in [6.07, 6.45) is 0. The second kappa shape index (κ2) is 7.55. The number of ether oxygens (including phenoxy) is 1. The highest BCUT2D eigenvalue weighted by molar-refractivity contribution is 8.13. The molecule has 1 aromatic rings. The van der Waals surface area contributed by atoms with Crippen molar-refractivity contribution in [1.29, 1.82) is 0 Å². The van der Waals surface area contributed by atoms with Gasteiger partial charge in [-0.25, -0.2) is 4.79 Å². The zero-order chi connectivity index (χ0) is 17.0. The lowest BCUT2D eigenvalue weighted by molar-refractivity contribution is -0.143. The van der Waals surface area contributed by atoms with Gasteiger partial charge in [-0.05, 0) is 38.8 Å². The molecule has 0 bridgehead atoms. The number of aliphatic imine (C=N–C) groups is 2. The number of esters is 1.